The fraction of sp³-hybridized carbons (Fsp3) is 0.786. The Balaban J connectivity index is 1.62. The van der Waals surface area contributed by atoms with Crippen LogP contribution < -0.4 is 5.73 Å². The van der Waals surface area contributed by atoms with Crippen molar-refractivity contribution in [3.63, 3.8) is 0 Å². The molecule has 1 saturated carbocycles. The third kappa shape index (κ3) is 2.45. The largest absolute Gasteiger partial charge is 0.329 e. The molecule has 1 aliphatic carbocycles. The van der Waals surface area contributed by atoms with E-state index in [1.807, 2.05) is 0 Å². The smallest absolute Gasteiger partial charge is 0.0765 e. The molecule has 2 aliphatic rings. The van der Waals surface area contributed by atoms with Gasteiger partial charge in [-0.2, -0.15) is 5.10 Å². The van der Waals surface area contributed by atoms with E-state index >= 15 is 0 Å². The lowest BCUT2D eigenvalue weighted by atomic mass is 10.2. The summed E-state index contributed by atoms with van der Waals surface area (Å²) < 4.78 is 2.19. The topological polar surface area (TPSA) is 47.1 Å². The van der Waals surface area contributed by atoms with Gasteiger partial charge in [0.25, 0.3) is 0 Å². The molecule has 1 atom stereocenters. The van der Waals surface area contributed by atoms with Gasteiger partial charge in [-0.1, -0.05) is 12.8 Å². The van der Waals surface area contributed by atoms with E-state index in [-0.39, 0.29) is 0 Å². The highest BCUT2D eigenvalue weighted by Crippen LogP contribution is 2.29. The van der Waals surface area contributed by atoms with Crippen LogP contribution in [0.4, 0.5) is 0 Å². The Morgan fingerprint density at radius 1 is 1.22 bits per heavy atom. The van der Waals surface area contributed by atoms with Gasteiger partial charge >= 0.3 is 0 Å². The zero-order chi connectivity index (χ0) is 12.4. The van der Waals surface area contributed by atoms with Gasteiger partial charge in [-0.3, -0.25) is 9.58 Å². The Labute approximate surface area is 109 Å². The lowest BCUT2D eigenvalue weighted by Gasteiger charge is -2.21. The van der Waals surface area contributed by atoms with Crippen molar-refractivity contribution in [3.8, 4) is 0 Å². The lowest BCUT2D eigenvalue weighted by Crippen LogP contribution is -2.35. The van der Waals surface area contributed by atoms with Gasteiger partial charge < -0.3 is 5.73 Å². The van der Waals surface area contributed by atoms with Crippen molar-refractivity contribution in [2.45, 2.75) is 57.2 Å². The molecule has 4 heteroatoms. The predicted molar refractivity (Wildman–Crippen MR) is 72.2 cm³/mol. The minimum Gasteiger partial charge on any atom is -0.329 e. The van der Waals surface area contributed by atoms with Gasteiger partial charge in [0.15, 0.2) is 0 Å². The Morgan fingerprint density at radius 2 is 2.06 bits per heavy atom. The number of nitrogens with two attached hydrogens (primary N) is 1. The third-order valence-corrected chi connectivity index (χ3v) is 4.50. The monoisotopic (exact) mass is 248 g/mol. The Kier molecular flexibility index (Phi) is 3.66. The molecule has 0 spiro atoms. The molecule has 1 aliphatic heterocycles. The van der Waals surface area contributed by atoms with Crippen molar-refractivity contribution in [1.82, 2.24) is 14.7 Å². The fourth-order valence-corrected chi connectivity index (χ4v) is 3.41. The number of hydrogen-bond acceptors (Lipinski definition) is 3. The molecule has 100 valence electrons. The van der Waals surface area contributed by atoms with Crippen molar-refractivity contribution in [1.29, 1.82) is 0 Å². The van der Waals surface area contributed by atoms with E-state index in [1.54, 1.807) is 0 Å². The van der Waals surface area contributed by atoms with Crippen molar-refractivity contribution in [3.05, 3.63) is 18.0 Å². The summed E-state index contributed by atoms with van der Waals surface area (Å²) in [4.78, 5) is 2.49. The summed E-state index contributed by atoms with van der Waals surface area (Å²) in [5.74, 6) is 0. The Morgan fingerprint density at radius 3 is 2.83 bits per heavy atom. The van der Waals surface area contributed by atoms with Gasteiger partial charge in [0, 0.05) is 25.3 Å². The second-order valence-corrected chi connectivity index (χ2v) is 5.73. The van der Waals surface area contributed by atoms with Crippen molar-refractivity contribution in [2.75, 3.05) is 13.1 Å². The predicted octanol–water partition coefficient (Wildman–Crippen LogP) is 1.92. The molecule has 2 heterocycles. The molecule has 2 fully saturated rings. The molecular weight excluding hydrogens is 224 g/mol. The molecule has 1 saturated heterocycles. The van der Waals surface area contributed by atoms with E-state index in [9.17, 15) is 0 Å². The van der Waals surface area contributed by atoms with Gasteiger partial charge in [0.05, 0.1) is 11.7 Å². The average molecular weight is 248 g/mol. The van der Waals surface area contributed by atoms with Crippen LogP contribution in [0.25, 0.3) is 0 Å². The second-order valence-electron chi connectivity index (χ2n) is 5.73. The molecular formula is C14H24N4. The fourth-order valence-electron chi connectivity index (χ4n) is 3.41. The first kappa shape index (κ1) is 12.2. The van der Waals surface area contributed by atoms with Crippen molar-refractivity contribution >= 4 is 0 Å². The van der Waals surface area contributed by atoms with Crippen LogP contribution in [-0.2, 0) is 6.54 Å². The highest BCUT2D eigenvalue weighted by Gasteiger charge is 2.24. The van der Waals surface area contributed by atoms with Crippen LogP contribution >= 0.6 is 0 Å². The van der Waals surface area contributed by atoms with Crippen LogP contribution in [-0.4, -0.2) is 33.8 Å². The molecule has 1 unspecified atom stereocenters. The summed E-state index contributed by atoms with van der Waals surface area (Å²) in [6.45, 7) is 2.93. The maximum Gasteiger partial charge on any atom is 0.0765 e. The van der Waals surface area contributed by atoms with Crippen molar-refractivity contribution < 1.29 is 0 Å². The second kappa shape index (κ2) is 5.41. The summed E-state index contributed by atoms with van der Waals surface area (Å²) in [5, 5.41) is 4.76. The van der Waals surface area contributed by atoms with E-state index in [0.29, 0.717) is 12.1 Å². The van der Waals surface area contributed by atoms with Crippen LogP contribution in [0.3, 0.4) is 0 Å². The molecule has 4 nitrogen and oxygen atoms in total. The van der Waals surface area contributed by atoms with E-state index < -0.39 is 0 Å². The zero-order valence-corrected chi connectivity index (χ0v) is 11.1. The standard InChI is InChI=1S/C14H24N4/c15-10-14-6-3-8-17(14)11-12-7-9-18(16-12)13-4-1-2-5-13/h7,9,13-14H,1-6,8,10-11,15H2. The highest BCUT2D eigenvalue weighted by atomic mass is 15.3. The van der Waals surface area contributed by atoms with Crippen LogP contribution in [0.15, 0.2) is 12.3 Å². The molecule has 2 N–H and O–H groups in total. The van der Waals surface area contributed by atoms with Crippen LogP contribution in [0, 0.1) is 0 Å². The summed E-state index contributed by atoms with van der Waals surface area (Å²) >= 11 is 0. The first-order valence-corrected chi connectivity index (χ1v) is 7.35. The zero-order valence-electron chi connectivity index (χ0n) is 11.1. The number of aromatic nitrogens is 2. The van der Waals surface area contributed by atoms with E-state index in [0.717, 1.165) is 13.1 Å². The Hall–Kier alpha value is -0.870. The molecule has 0 aromatic carbocycles. The highest BCUT2D eigenvalue weighted by molar-refractivity contribution is 5.01. The number of likely N-dealkylation sites (tertiary alicyclic amines) is 1. The first-order valence-electron chi connectivity index (χ1n) is 7.35. The van der Waals surface area contributed by atoms with E-state index in [2.05, 4.69) is 21.8 Å². The summed E-state index contributed by atoms with van der Waals surface area (Å²) in [7, 11) is 0. The number of hydrogen-bond donors (Lipinski definition) is 1. The normalized spacial score (nSPS) is 26.2. The number of rotatable bonds is 4. The van der Waals surface area contributed by atoms with Crippen molar-refractivity contribution in [2.24, 2.45) is 5.73 Å². The molecule has 0 amide bonds. The maximum atomic E-state index is 5.82. The van der Waals surface area contributed by atoms with Gasteiger partial charge in [-0.25, -0.2) is 0 Å². The molecule has 1 aromatic rings. The van der Waals surface area contributed by atoms with E-state index in [1.165, 1.54) is 50.8 Å². The molecule has 3 rings (SSSR count). The molecule has 0 radical (unpaired) electrons. The third-order valence-electron chi connectivity index (χ3n) is 4.50. The Bertz CT molecular complexity index is 381. The van der Waals surface area contributed by atoms with Crippen LogP contribution in [0.5, 0.6) is 0 Å². The molecule has 0 bridgehead atoms. The first-order chi connectivity index (χ1) is 8.86. The van der Waals surface area contributed by atoms with E-state index in [4.69, 9.17) is 10.8 Å². The summed E-state index contributed by atoms with van der Waals surface area (Å²) in [5.41, 5.74) is 7.03. The van der Waals surface area contributed by atoms with Gasteiger partial charge in [-0.05, 0) is 38.3 Å². The maximum absolute atomic E-state index is 5.82. The van der Waals surface area contributed by atoms with Crippen LogP contribution in [0.1, 0.15) is 50.3 Å². The average Bonchev–Trinajstić information content (AvgIpc) is 3.10. The van der Waals surface area contributed by atoms with Crippen LogP contribution in [0.2, 0.25) is 0 Å². The molecule has 18 heavy (non-hydrogen) atoms. The minimum atomic E-state index is 0.571. The molecule has 1 aromatic heterocycles. The van der Waals surface area contributed by atoms with Gasteiger partial charge in [0.1, 0.15) is 0 Å². The quantitative estimate of drug-likeness (QED) is 0.885. The number of nitrogens with zero attached hydrogens (tertiary/aromatic N) is 3. The van der Waals surface area contributed by atoms with Gasteiger partial charge in [0.2, 0.25) is 0 Å². The lowest BCUT2D eigenvalue weighted by molar-refractivity contribution is 0.246. The summed E-state index contributed by atoms with van der Waals surface area (Å²) in [6.07, 6.45) is 10.0. The SMILES string of the molecule is NCC1CCCN1Cc1ccn(C2CCCC2)n1. The van der Waals surface area contributed by atoms with Gasteiger partial charge in [-0.15, -0.1) is 0 Å². The summed E-state index contributed by atoms with van der Waals surface area (Å²) in [6, 6.07) is 3.41. The minimum absolute atomic E-state index is 0.571.